The number of hydrogen-bond acceptors (Lipinski definition) is 10. The first kappa shape index (κ1) is 37.4. The van der Waals surface area contributed by atoms with Crippen molar-refractivity contribution in [3.8, 4) is 40.2 Å². The Kier molecular flexibility index (Phi) is 11.5. The average Bonchev–Trinajstić information content (AvgIpc) is 3.47. The minimum absolute atomic E-state index is 0.0442. The third kappa shape index (κ3) is 7.73. The zero-order chi connectivity index (χ0) is 37.6. The summed E-state index contributed by atoms with van der Waals surface area (Å²) >= 11 is 0. The lowest BCUT2D eigenvalue weighted by Crippen LogP contribution is -2.50. The molecule has 11 heteroatoms. The molecule has 0 fully saturated rings. The fraction of sp³-hybridized carbons (Fsp3) is 0.293. The highest BCUT2D eigenvalue weighted by atomic mass is 16.6. The number of nitrogens with two attached hydrogens (primary N) is 1. The van der Waals surface area contributed by atoms with Gasteiger partial charge in [-0.05, 0) is 84.0 Å². The number of nitrogens with zero attached hydrogens (tertiary/aromatic N) is 2. The maximum atomic E-state index is 14.3. The summed E-state index contributed by atoms with van der Waals surface area (Å²) in [5.41, 5.74) is 11.5. The minimum Gasteiger partial charge on any atom is -0.495 e. The Labute approximate surface area is 304 Å². The molecule has 52 heavy (non-hydrogen) atoms. The highest BCUT2D eigenvalue weighted by Crippen LogP contribution is 2.45. The number of imide groups is 1. The molecule has 0 spiro atoms. The normalized spacial score (nSPS) is 12.9. The van der Waals surface area contributed by atoms with Gasteiger partial charge in [-0.15, -0.1) is 0 Å². The molecule has 1 atom stereocenters. The fourth-order valence-corrected chi connectivity index (χ4v) is 6.21. The Morgan fingerprint density at radius 2 is 1.40 bits per heavy atom. The molecular weight excluding hydrogens is 662 g/mol. The molecule has 0 aromatic heterocycles. The van der Waals surface area contributed by atoms with Crippen LogP contribution in [0.25, 0.3) is 16.7 Å². The molecular formula is C41H43N3O8. The standard InChI is InChI=1S/C41H43N3O8/c1-41(2,3)52-24-33(43)39(45)44(40(46)51-23-32-30-14-10-8-12-28(30)29-13-9-11-15-31(29)32)34-20-25(16-17-35(34)47-4)27(18-19-42)26-21-36(48-5)38(50-7)37(22-26)49-6/h8-18,20-22,32-33H,23-24,43H2,1-7H3. The Hall–Kier alpha value is -5.83. The smallest absolute Gasteiger partial charge is 0.421 e. The maximum absolute atomic E-state index is 14.3. The van der Waals surface area contributed by atoms with Gasteiger partial charge in [-0.1, -0.05) is 54.6 Å². The minimum atomic E-state index is -1.24. The summed E-state index contributed by atoms with van der Waals surface area (Å²) in [5, 5.41) is 9.87. The molecule has 1 unspecified atom stereocenters. The second kappa shape index (κ2) is 16.0. The van der Waals surface area contributed by atoms with E-state index in [-0.39, 0.29) is 30.6 Å². The van der Waals surface area contributed by atoms with Gasteiger partial charge in [0.1, 0.15) is 18.4 Å². The molecule has 2 amide bonds. The van der Waals surface area contributed by atoms with Gasteiger partial charge in [-0.3, -0.25) is 4.79 Å². The maximum Gasteiger partial charge on any atom is 0.421 e. The highest BCUT2D eigenvalue weighted by Gasteiger charge is 2.35. The first-order valence-corrected chi connectivity index (χ1v) is 16.6. The lowest BCUT2D eigenvalue weighted by molar-refractivity contribution is -0.122. The van der Waals surface area contributed by atoms with Gasteiger partial charge >= 0.3 is 6.09 Å². The van der Waals surface area contributed by atoms with E-state index in [0.717, 1.165) is 27.2 Å². The number of allylic oxidation sites excluding steroid dienone is 1. The predicted molar refractivity (Wildman–Crippen MR) is 198 cm³/mol. The van der Waals surface area contributed by atoms with E-state index in [9.17, 15) is 14.9 Å². The van der Waals surface area contributed by atoms with Gasteiger partial charge < -0.3 is 34.2 Å². The first-order chi connectivity index (χ1) is 25.0. The average molecular weight is 706 g/mol. The molecule has 0 saturated heterocycles. The van der Waals surface area contributed by atoms with Gasteiger partial charge in [0.25, 0.3) is 5.91 Å². The van der Waals surface area contributed by atoms with Gasteiger partial charge in [0.15, 0.2) is 11.5 Å². The van der Waals surface area contributed by atoms with E-state index < -0.39 is 23.6 Å². The van der Waals surface area contributed by atoms with Gasteiger partial charge in [0.05, 0.1) is 52.4 Å². The van der Waals surface area contributed by atoms with Crippen molar-refractivity contribution >= 4 is 23.3 Å². The summed E-state index contributed by atoms with van der Waals surface area (Å²) in [6.07, 6.45) is 0.390. The molecule has 4 aromatic rings. The topological polar surface area (TPSA) is 143 Å². The van der Waals surface area contributed by atoms with Crippen LogP contribution in [0, 0.1) is 11.3 Å². The number of ether oxygens (including phenoxy) is 6. The lowest BCUT2D eigenvalue weighted by atomic mass is 9.96. The molecule has 11 nitrogen and oxygen atoms in total. The second-order valence-corrected chi connectivity index (χ2v) is 13.0. The van der Waals surface area contributed by atoms with Crippen molar-refractivity contribution in [1.29, 1.82) is 5.26 Å². The number of carbonyl (C=O) groups is 2. The van der Waals surface area contributed by atoms with Crippen molar-refractivity contribution in [2.45, 2.75) is 38.3 Å². The largest absolute Gasteiger partial charge is 0.495 e. The van der Waals surface area contributed by atoms with Gasteiger partial charge in [-0.2, -0.15) is 5.26 Å². The Bertz CT molecular complexity index is 1960. The monoisotopic (exact) mass is 705 g/mol. The third-order valence-corrected chi connectivity index (χ3v) is 8.67. The number of methoxy groups -OCH3 is 4. The van der Waals surface area contributed by atoms with E-state index >= 15 is 0 Å². The molecule has 4 aromatic carbocycles. The summed E-state index contributed by atoms with van der Waals surface area (Å²) in [6, 6.07) is 25.1. The quantitative estimate of drug-likeness (QED) is 0.152. The van der Waals surface area contributed by atoms with Crippen LogP contribution < -0.4 is 29.6 Å². The molecule has 5 rings (SSSR count). The molecule has 0 bridgehead atoms. The van der Waals surface area contributed by atoms with Crippen LogP contribution in [0.1, 0.15) is 48.9 Å². The van der Waals surface area contributed by atoms with Crippen molar-refractivity contribution < 1.29 is 38.0 Å². The molecule has 0 saturated carbocycles. The van der Waals surface area contributed by atoms with Crippen LogP contribution in [0.15, 0.2) is 84.9 Å². The number of anilines is 1. The number of hydrogen-bond donors (Lipinski definition) is 1. The molecule has 1 aliphatic carbocycles. The molecule has 0 heterocycles. The zero-order valence-corrected chi connectivity index (χ0v) is 30.4. The van der Waals surface area contributed by atoms with E-state index in [2.05, 4.69) is 6.07 Å². The predicted octanol–water partition coefficient (Wildman–Crippen LogP) is 7.10. The lowest BCUT2D eigenvalue weighted by Gasteiger charge is -2.28. The van der Waals surface area contributed by atoms with Crippen molar-refractivity contribution in [3.63, 3.8) is 0 Å². The fourth-order valence-electron chi connectivity index (χ4n) is 6.21. The van der Waals surface area contributed by atoms with Crippen LogP contribution in [0.2, 0.25) is 0 Å². The van der Waals surface area contributed by atoms with Crippen molar-refractivity contribution in [1.82, 2.24) is 0 Å². The van der Waals surface area contributed by atoms with Gasteiger partial charge in [0, 0.05) is 12.0 Å². The summed E-state index contributed by atoms with van der Waals surface area (Å²) < 4.78 is 34.1. The van der Waals surface area contributed by atoms with E-state index in [1.807, 2.05) is 69.3 Å². The van der Waals surface area contributed by atoms with Gasteiger partial charge in [-0.25, -0.2) is 9.69 Å². The van der Waals surface area contributed by atoms with Crippen molar-refractivity contribution in [2.24, 2.45) is 5.73 Å². The van der Waals surface area contributed by atoms with E-state index in [4.69, 9.17) is 34.2 Å². The summed E-state index contributed by atoms with van der Waals surface area (Å²) in [5.74, 6) is 0.277. The third-order valence-electron chi connectivity index (χ3n) is 8.67. The van der Waals surface area contributed by atoms with Crippen LogP contribution in [-0.2, 0) is 14.3 Å². The van der Waals surface area contributed by atoms with Crippen molar-refractivity contribution in [2.75, 3.05) is 46.6 Å². The molecule has 0 aliphatic heterocycles. The Morgan fingerprint density at radius 1 is 0.827 bits per heavy atom. The Morgan fingerprint density at radius 3 is 1.92 bits per heavy atom. The number of carbonyl (C=O) groups excluding carboxylic acids is 2. The van der Waals surface area contributed by atoms with E-state index in [1.165, 1.54) is 34.5 Å². The van der Waals surface area contributed by atoms with Crippen LogP contribution in [0.3, 0.4) is 0 Å². The summed E-state index contributed by atoms with van der Waals surface area (Å²) in [7, 11) is 5.90. The molecule has 270 valence electrons. The van der Waals surface area contributed by atoms with Crippen LogP contribution in [0.4, 0.5) is 10.5 Å². The number of fused-ring (bicyclic) bond motifs is 3. The number of rotatable bonds is 12. The van der Waals surface area contributed by atoms with Crippen LogP contribution in [0.5, 0.6) is 23.0 Å². The molecule has 2 N–H and O–H groups in total. The van der Waals surface area contributed by atoms with Gasteiger partial charge in [0.2, 0.25) is 5.75 Å². The van der Waals surface area contributed by atoms with Crippen LogP contribution in [-0.4, -0.2) is 65.3 Å². The molecule has 1 aliphatic rings. The second-order valence-electron chi connectivity index (χ2n) is 13.0. The Balaban J connectivity index is 1.58. The van der Waals surface area contributed by atoms with Crippen LogP contribution >= 0.6 is 0 Å². The van der Waals surface area contributed by atoms with Crippen molar-refractivity contribution in [3.05, 3.63) is 107 Å². The first-order valence-electron chi connectivity index (χ1n) is 16.6. The number of benzene rings is 4. The SMILES string of the molecule is COc1ccc(C(=CC#N)c2cc(OC)c(OC)c(OC)c2)cc1N(C(=O)OCC1c2ccccc2-c2ccccc21)C(=O)C(N)COC(C)(C)C. The molecule has 0 radical (unpaired) electrons. The zero-order valence-electron chi connectivity index (χ0n) is 30.4. The summed E-state index contributed by atoms with van der Waals surface area (Å²) in [6.45, 7) is 5.31. The summed E-state index contributed by atoms with van der Waals surface area (Å²) in [4.78, 5) is 29.4. The van der Waals surface area contributed by atoms with E-state index in [1.54, 1.807) is 30.3 Å². The number of amides is 2. The number of nitriles is 1. The highest BCUT2D eigenvalue weighted by molar-refractivity contribution is 6.15. The van der Waals surface area contributed by atoms with E-state index in [0.29, 0.717) is 33.9 Å².